The maximum Gasteiger partial charge on any atom is 0.338 e. The Hall–Kier alpha value is -4.51. The van der Waals surface area contributed by atoms with Crippen molar-refractivity contribution >= 4 is 40.8 Å². The van der Waals surface area contributed by atoms with Gasteiger partial charge in [0.2, 0.25) is 0 Å². The molecular formula is C37H37Cl2N3O7. The molecule has 4 heterocycles. The van der Waals surface area contributed by atoms with E-state index in [1.807, 2.05) is 30.3 Å². The summed E-state index contributed by atoms with van der Waals surface area (Å²) in [6.45, 7) is 2.87. The van der Waals surface area contributed by atoms with Crippen LogP contribution in [0.3, 0.4) is 0 Å². The van der Waals surface area contributed by atoms with Gasteiger partial charge in [-0.1, -0.05) is 59.6 Å². The Bertz CT molecular complexity index is 1760. The average Bonchev–Trinajstić information content (AvgIpc) is 3.12. The van der Waals surface area contributed by atoms with Gasteiger partial charge < -0.3 is 29.5 Å². The molecule has 0 amide bonds. The Balaban J connectivity index is 1.20. The molecule has 256 valence electrons. The Morgan fingerprint density at radius 3 is 2.20 bits per heavy atom. The summed E-state index contributed by atoms with van der Waals surface area (Å²) in [7, 11) is 3.04. The van der Waals surface area contributed by atoms with E-state index in [-0.39, 0.29) is 34.1 Å². The molecule has 0 aliphatic carbocycles. The third-order valence-electron chi connectivity index (χ3n) is 9.14. The lowest BCUT2D eigenvalue weighted by atomic mass is 9.86. The summed E-state index contributed by atoms with van der Waals surface area (Å²) in [4.78, 5) is 29.5. The highest BCUT2D eigenvalue weighted by Gasteiger charge is 2.38. The van der Waals surface area contributed by atoms with Gasteiger partial charge in [-0.15, -0.1) is 0 Å². The molecule has 3 atom stereocenters. The second-order valence-electron chi connectivity index (χ2n) is 12.2. The minimum absolute atomic E-state index is 0.0832. The predicted molar refractivity (Wildman–Crippen MR) is 185 cm³/mol. The first-order valence-electron chi connectivity index (χ1n) is 16.1. The van der Waals surface area contributed by atoms with E-state index in [1.165, 1.54) is 26.6 Å². The van der Waals surface area contributed by atoms with E-state index in [4.69, 9.17) is 42.1 Å². The lowest BCUT2D eigenvalue weighted by Crippen LogP contribution is -2.52. The van der Waals surface area contributed by atoms with Crippen LogP contribution in [0.5, 0.6) is 11.5 Å². The Kier molecular flexibility index (Phi) is 10.8. The third-order valence-corrected chi connectivity index (χ3v) is 9.79. The van der Waals surface area contributed by atoms with E-state index in [0.29, 0.717) is 39.0 Å². The normalized spacial score (nSPS) is 19.4. The SMILES string of the molecule is COc1ccc([C@H](Cc2c(Cl)c[n+]([O-])cc2Cl)OC(=O)c2ccc(NC(C(=O)O[C@H]3CN4CCC3CC4)c3ccccc3)cc2)cc1OC. The zero-order chi connectivity index (χ0) is 34.5. The molecule has 3 aliphatic rings. The molecule has 3 saturated heterocycles. The Labute approximate surface area is 295 Å². The summed E-state index contributed by atoms with van der Waals surface area (Å²) in [5.74, 6) is 0.389. The summed E-state index contributed by atoms with van der Waals surface area (Å²) >= 11 is 12.8. The molecule has 10 nitrogen and oxygen atoms in total. The first-order valence-corrected chi connectivity index (χ1v) is 16.8. The van der Waals surface area contributed by atoms with Crippen LogP contribution >= 0.6 is 23.2 Å². The summed E-state index contributed by atoms with van der Waals surface area (Å²) in [5.41, 5.74) is 2.73. The number of benzene rings is 3. The number of rotatable bonds is 12. The number of anilines is 1. The van der Waals surface area contributed by atoms with Crippen molar-refractivity contribution in [2.24, 2.45) is 5.92 Å². The van der Waals surface area contributed by atoms with Crippen LogP contribution in [0.15, 0.2) is 85.2 Å². The second-order valence-corrected chi connectivity index (χ2v) is 13.0. The average molecular weight is 707 g/mol. The van der Waals surface area contributed by atoms with Gasteiger partial charge in [0.25, 0.3) is 0 Å². The number of fused-ring (bicyclic) bond motifs is 3. The number of aromatic nitrogens is 1. The number of pyridine rings is 1. The molecule has 3 fully saturated rings. The van der Waals surface area contributed by atoms with Crippen molar-refractivity contribution in [3.8, 4) is 11.5 Å². The van der Waals surface area contributed by atoms with Crippen molar-refractivity contribution in [2.75, 3.05) is 39.2 Å². The van der Waals surface area contributed by atoms with Gasteiger partial charge >= 0.3 is 11.9 Å². The number of halogens is 2. The van der Waals surface area contributed by atoms with E-state index in [1.54, 1.807) is 42.5 Å². The van der Waals surface area contributed by atoms with Crippen LogP contribution in [0, 0.1) is 11.1 Å². The molecule has 1 unspecified atom stereocenters. The summed E-state index contributed by atoms with van der Waals surface area (Å²) in [6.07, 6.45) is 3.57. The van der Waals surface area contributed by atoms with Crippen molar-refractivity contribution in [2.45, 2.75) is 37.5 Å². The van der Waals surface area contributed by atoms with Gasteiger partial charge in [0.15, 0.2) is 29.9 Å². The number of nitrogens with zero attached hydrogens (tertiary/aromatic N) is 2. The van der Waals surface area contributed by atoms with E-state index >= 15 is 0 Å². The van der Waals surface area contributed by atoms with E-state index in [9.17, 15) is 14.8 Å². The van der Waals surface area contributed by atoms with Gasteiger partial charge in [-0.3, -0.25) is 4.90 Å². The van der Waals surface area contributed by atoms with Crippen LogP contribution in [0.1, 0.15) is 52.0 Å². The first-order chi connectivity index (χ1) is 23.7. The number of hydrogen-bond acceptors (Lipinski definition) is 9. The molecule has 2 bridgehead atoms. The van der Waals surface area contributed by atoms with Crippen molar-refractivity contribution in [1.29, 1.82) is 0 Å². The molecular weight excluding hydrogens is 669 g/mol. The Morgan fingerprint density at radius 2 is 1.59 bits per heavy atom. The van der Waals surface area contributed by atoms with Crippen molar-refractivity contribution in [3.63, 3.8) is 0 Å². The molecule has 1 aromatic heterocycles. The van der Waals surface area contributed by atoms with Crippen LogP contribution < -0.4 is 19.5 Å². The minimum Gasteiger partial charge on any atom is -0.619 e. The zero-order valence-electron chi connectivity index (χ0n) is 27.1. The number of hydrogen-bond donors (Lipinski definition) is 1. The van der Waals surface area contributed by atoms with E-state index in [0.717, 1.165) is 38.0 Å². The molecule has 0 spiro atoms. The van der Waals surface area contributed by atoms with Gasteiger partial charge in [0.05, 0.1) is 19.8 Å². The Morgan fingerprint density at radius 1 is 0.918 bits per heavy atom. The maximum absolute atomic E-state index is 13.6. The highest BCUT2D eigenvalue weighted by Crippen LogP contribution is 2.36. The van der Waals surface area contributed by atoms with Crippen molar-refractivity contribution in [3.05, 3.63) is 123 Å². The number of esters is 2. The highest BCUT2D eigenvalue weighted by atomic mass is 35.5. The smallest absolute Gasteiger partial charge is 0.338 e. The molecule has 4 aromatic rings. The zero-order valence-corrected chi connectivity index (χ0v) is 28.7. The molecule has 49 heavy (non-hydrogen) atoms. The molecule has 1 N–H and O–H groups in total. The van der Waals surface area contributed by atoms with Crippen LogP contribution in [-0.2, 0) is 20.7 Å². The minimum atomic E-state index is -0.855. The van der Waals surface area contributed by atoms with Crippen LogP contribution in [0.2, 0.25) is 10.0 Å². The van der Waals surface area contributed by atoms with Gasteiger partial charge in [0.1, 0.15) is 22.3 Å². The molecule has 3 aliphatic heterocycles. The fraction of sp³-hybridized carbons (Fsp3) is 0.324. The molecule has 0 radical (unpaired) electrons. The topological polar surface area (TPSA) is 113 Å². The number of methoxy groups -OCH3 is 2. The summed E-state index contributed by atoms with van der Waals surface area (Å²) in [5, 5.41) is 15.5. The van der Waals surface area contributed by atoms with Crippen LogP contribution in [-0.4, -0.2) is 56.8 Å². The number of piperidine rings is 3. The standard InChI is InChI=1S/C37H37Cl2N3O7/c1-46-31-13-10-26(18-33(31)47-2)32(19-28-29(38)20-42(45)21-30(28)39)48-36(43)25-8-11-27(12-9-25)40-35(24-6-4-3-5-7-24)37(44)49-34-22-41-16-14-23(34)15-17-41/h3-13,18,20-21,23,32,34-35,40H,14-17,19,22H2,1-2H3/t32-,34-,35?/m0/s1. The molecule has 0 saturated carbocycles. The fourth-order valence-corrected chi connectivity index (χ4v) is 7.04. The summed E-state index contributed by atoms with van der Waals surface area (Å²) in [6, 6.07) is 20.6. The lowest BCUT2D eigenvalue weighted by Gasteiger charge is -2.44. The number of nitrogens with one attached hydrogen (secondary N) is 1. The number of carbonyl (C=O) groups excluding carboxylic acids is 2. The largest absolute Gasteiger partial charge is 0.619 e. The van der Waals surface area contributed by atoms with Gasteiger partial charge in [-0.05, 0) is 79.4 Å². The van der Waals surface area contributed by atoms with E-state index in [2.05, 4.69) is 10.2 Å². The first kappa shape index (κ1) is 34.4. The fourth-order valence-electron chi connectivity index (χ4n) is 6.44. The van der Waals surface area contributed by atoms with Gasteiger partial charge in [-0.25, -0.2) is 9.59 Å². The number of ether oxygens (including phenoxy) is 4. The van der Waals surface area contributed by atoms with Gasteiger partial charge in [0, 0.05) is 24.2 Å². The highest BCUT2D eigenvalue weighted by molar-refractivity contribution is 6.35. The molecule has 12 heteroatoms. The quantitative estimate of drug-likeness (QED) is 0.0993. The third kappa shape index (κ3) is 8.04. The van der Waals surface area contributed by atoms with Crippen molar-refractivity contribution in [1.82, 2.24) is 4.90 Å². The van der Waals surface area contributed by atoms with Crippen LogP contribution in [0.25, 0.3) is 0 Å². The number of carbonyl (C=O) groups is 2. The van der Waals surface area contributed by atoms with Crippen molar-refractivity contribution < 1.29 is 33.3 Å². The molecule has 3 aromatic carbocycles. The summed E-state index contributed by atoms with van der Waals surface area (Å²) < 4.78 is 23.5. The lowest BCUT2D eigenvalue weighted by molar-refractivity contribution is -0.605. The monoisotopic (exact) mass is 705 g/mol. The molecule has 7 rings (SSSR count). The predicted octanol–water partition coefficient (Wildman–Crippen LogP) is 6.58. The second kappa shape index (κ2) is 15.4. The van der Waals surface area contributed by atoms with E-state index < -0.39 is 18.1 Å². The maximum atomic E-state index is 13.6. The van der Waals surface area contributed by atoms with Crippen LogP contribution in [0.4, 0.5) is 5.69 Å². The van der Waals surface area contributed by atoms with Gasteiger partial charge in [-0.2, -0.15) is 4.73 Å².